The van der Waals surface area contributed by atoms with Crippen molar-refractivity contribution in [3.63, 3.8) is 0 Å². The molecule has 0 spiro atoms. The van der Waals surface area contributed by atoms with E-state index < -0.39 is 9.84 Å². The van der Waals surface area contributed by atoms with Gasteiger partial charge in [0.15, 0.2) is 15.6 Å². The summed E-state index contributed by atoms with van der Waals surface area (Å²) in [4.78, 5) is 22.8. The standard InChI is InChI=1S/C27H32ClN5O4S/c1-2-25(34)33-15-20(16-33)31-7-4-18(5-8-31)19-13-22(28)26-23(14-19)30-27-21(17-37-26)24(3-6-29-27)32-9-11-38(35,36)12-10-32/h2-3,6,13-14,18,20H,1,4-5,7-12,15-17H2,(H,29,30). The normalized spacial score (nSPS) is 21.8. The molecular weight excluding hydrogens is 526 g/mol. The molecule has 0 radical (unpaired) electrons. The number of ether oxygens (including phenoxy) is 1. The van der Waals surface area contributed by atoms with E-state index >= 15 is 0 Å². The molecule has 4 aliphatic rings. The van der Waals surface area contributed by atoms with Gasteiger partial charge in [0.1, 0.15) is 12.4 Å². The molecule has 11 heteroatoms. The Morgan fingerprint density at radius 1 is 1.16 bits per heavy atom. The maximum absolute atomic E-state index is 11.9. The van der Waals surface area contributed by atoms with Gasteiger partial charge in [0.25, 0.3) is 0 Å². The van der Waals surface area contributed by atoms with Crippen LogP contribution in [0.1, 0.15) is 29.9 Å². The van der Waals surface area contributed by atoms with E-state index in [1.165, 1.54) is 11.6 Å². The number of fused-ring (bicyclic) bond motifs is 2. The molecule has 0 atom stereocenters. The van der Waals surface area contributed by atoms with Crippen LogP contribution in [0, 0.1) is 0 Å². The number of rotatable bonds is 4. The van der Waals surface area contributed by atoms with Crippen molar-refractivity contribution in [1.82, 2.24) is 14.8 Å². The lowest BCUT2D eigenvalue weighted by Crippen LogP contribution is -2.61. The maximum atomic E-state index is 11.9. The lowest BCUT2D eigenvalue weighted by atomic mass is 9.88. The van der Waals surface area contributed by atoms with E-state index in [4.69, 9.17) is 16.3 Å². The highest BCUT2D eigenvalue weighted by Crippen LogP contribution is 2.44. The molecule has 1 amide bonds. The minimum Gasteiger partial charge on any atom is -0.485 e. The van der Waals surface area contributed by atoms with Crippen LogP contribution in [0.4, 0.5) is 17.2 Å². The van der Waals surface area contributed by atoms with Gasteiger partial charge in [-0.1, -0.05) is 18.2 Å². The van der Waals surface area contributed by atoms with Gasteiger partial charge in [0.05, 0.1) is 27.8 Å². The van der Waals surface area contributed by atoms with E-state index in [0.29, 0.717) is 48.2 Å². The molecule has 2 aromatic rings. The fourth-order valence-electron chi connectivity index (χ4n) is 5.94. The molecular formula is C27H32ClN5O4S. The highest BCUT2D eigenvalue weighted by atomic mass is 35.5. The summed E-state index contributed by atoms with van der Waals surface area (Å²) in [7, 11) is -2.97. The molecule has 0 unspecified atom stereocenters. The fraction of sp³-hybridized carbons (Fsp3) is 0.481. The third-order valence-corrected chi connectivity index (χ3v) is 10.2. The van der Waals surface area contributed by atoms with E-state index in [-0.39, 0.29) is 17.4 Å². The first-order valence-electron chi connectivity index (χ1n) is 13.1. The summed E-state index contributed by atoms with van der Waals surface area (Å²) in [6.45, 7) is 8.33. The van der Waals surface area contributed by atoms with Gasteiger partial charge in [-0.2, -0.15) is 0 Å². The van der Waals surface area contributed by atoms with E-state index in [9.17, 15) is 13.2 Å². The Morgan fingerprint density at radius 3 is 2.61 bits per heavy atom. The minimum absolute atomic E-state index is 0.0116. The Labute approximate surface area is 228 Å². The lowest BCUT2D eigenvalue weighted by Gasteiger charge is -2.47. The molecule has 3 fully saturated rings. The summed E-state index contributed by atoms with van der Waals surface area (Å²) in [5, 5.41) is 4.04. The van der Waals surface area contributed by atoms with Crippen LogP contribution in [0.3, 0.4) is 0 Å². The Balaban J connectivity index is 1.16. The lowest BCUT2D eigenvalue weighted by molar-refractivity contribution is -0.133. The minimum atomic E-state index is -2.97. The number of carbonyl (C=O) groups is 1. The Hall–Kier alpha value is -2.82. The molecule has 3 saturated heterocycles. The molecule has 38 heavy (non-hydrogen) atoms. The molecule has 4 aliphatic heterocycles. The quantitative estimate of drug-likeness (QED) is 0.573. The average Bonchev–Trinajstić information content (AvgIpc) is 3.08. The van der Waals surface area contributed by atoms with Crippen LogP contribution in [-0.4, -0.2) is 85.9 Å². The molecule has 9 nitrogen and oxygen atoms in total. The summed E-state index contributed by atoms with van der Waals surface area (Å²) in [6, 6.07) is 6.51. The van der Waals surface area contributed by atoms with Gasteiger partial charge in [-0.15, -0.1) is 0 Å². The Bertz CT molecular complexity index is 1360. The number of nitrogens with zero attached hydrogens (tertiary/aromatic N) is 4. The van der Waals surface area contributed by atoms with Crippen molar-refractivity contribution in [1.29, 1.82) is 0 Å². The van der Waals surface area contributed by atoms with Gasteiger partial charge in [0.2, 0.25) is 5.91 Å². The molecule has 202 valence electrons. The smallest absolute Gasteiger partial charge is 0.246 e. The number of pyridine rings is 1. The van der Waals surface area contributed by atoms with Crippen LogP contribution < -0.4 is 15.0 Å². The monoisotopic (exact) mass is 557 g/mol. The molecule has 5 heterocycles. The predicted octanol–water partition coefficient (Wildman–Crippen LogP) is 3.18. The molecule has 0 aliphatic carbocycles. The first-order valence-corrected chi connectivity index (χ1v) is 15.3. The number of nitrogens with one attached hydrogen (secondary N) is 1. The number of carbonyl (C=O) groups excluding carboxylic acids is 1. The summed E-state index contributed by atoms with van der Waals surface area (Å²) in [5.41, 5.74) is 3.83. The zero-order chi connectivity index (χ0) is 26.4. The topological polar surface area (TPSA) is 95.1 Å². The van der Waals surface area contributed by atoms with Gasteiger partial charge in [-0.25, -0.2) is 13.4 Å². The Kier molecular flexibility index (Phi) is 6.74. The van der Waals surface area contributed by atoms with E-state index in [2.05, 4.69) is 32.7 Å². The maximum Gasteiger partial charge on any atom is 0.246 e. The number of hydrogen-bond donors (Lipinski definition) is 1. The number of halogens is 1. The fourth-order valence-corrected chi connectivity index (χ4v) is 7.42. The summed E-state index contributed by atoms with van der Waals surface area (Å²) < 4.78 is 30.1. The van der Waals surface area contributed by atoms with E-state index in [1.807, 2.05) is 17.0 Å². The van der Waals surface area contributed by atoms with Gasteiger partial charge in [0, 0.05) is 44.1 Å². The zero-order valence-electron chi connectivity index (χ0n) is 21.2. The number of aromatic nitrogens is 1. The number of sulfone groups is 1. The van der Waals surface area contributed by atoms with Gasteiger partial charge < -0.3 is 19.9 Å². The predicted molar refractivity (Wildman–Crippen MR) is 148 cm³/mol. The van der Waals surface area contributed by atoms with E-state index in [1.54, 1.807) is 6.20 Å². The van der Waals surface area contributed by atoms with Crippen molar-refractivity contribution in [3.05, 3.63) is 53.2 Å². The SMILES string of the molecule is C=CC(=O)N1CC(N2CCC(c3cc(Cl)c4c(c3)Nc3nccc(N5CCS(=O)(=O)CC5)c3CO4)CC2)C1. The van der Waals surface area contributed by atoms with Gasteiger partial charge >= 0.3 is 0 Å². The third-order valence-electron chi connectivity index (χ3n) is 8.26. The highest BCUT2D eigenvalue weighted by molar-refractivity contribution is 7.91. The van der Waals surface area contributed by atoms with Crippen LogP contribution in [0.15, 0.2) is 37.1 Å². The summed E-state index contributed by atoms with van der Waals surface area (Å²) in [5.74, 6) is 2.02. The van der Waals surface area contributed by atoms with Crippen molar-refractivity contribution >= 4 is 44.5 Å². The molecule has 1 aromatic heterocycles. The van der Waals surface area contributed by atoms with Crippen LogP contribution >= 0.6 is 11.6 Å². The van der Waals surface area contributed by atoms with Crippen LogP contribution in [-0.2, 0) is 21.2 Å². The first-order chi connectivity index (χ1) is 18.3. The van der Waals surface area contributed by atoms with Crippen LogP contribution in [0.5, 0.6) is 5.75 Å². The number of piperidine rings is 1. The molecule has 0 bridgehead atoms. The number of benzene rings is 1. The number of anilines is 3. The molecule has 1 aromatic carbocycles. The van der Waals surface area contributed by atoms with Crippen LogP contribution in [0.25, 0.3) is 0 Å². The van der Waals surface area contributed by atoms with Crippen LogP contribution in [0.2, 0.25) is 5.02 Å². The zero-order valence-corrected chi connectivity index (χ0v) is 22.8. The average molecular weight is 558 g/mol. The second-order valence-corrected chi connectivity index (χ2v) is 13.2. The van der Waals surface area contributed by atoms with Crippen molar-refractivity contribution in [3.8, 4) is 5.75 Å². The second-order valence-electron chi connectivity index (χ2n) is 10.5. The van der Waals surface area contributed by atoms with Gasteiger partial charge in [-0.05, 0) is 61.7 Å². The molecule has 1 N–H and O–H groups in total. The highest BCUT2D eigenvalue weighted by Gasteiger charge is 2.36. The van der Waals surface area contributed by atoms with Crippen molar-refractivity contribution in [2.75, 3.05) is 61.0 Å². The first kappa shape index (κ1) is 25.5. The summed E-state index contributed by atoms with van der Waals surface area (Å²) in [6.07, 6.45) is 5.19. The van der Waals surface area contributed by atoms with Crippen molar-refractivity contribution in [2.24, 2.45) is 0 Å². The number of amides is 1. The van der Waals surface area contributed by atoms with E-state index in [0.717, 1.165) is 56.0 Å². The number of likely N-dealkylation sites (tertiary alicyclic amines) is 2. The van der Waals surface area contributed by atoms with Crippen molar-refractivity contribution in [2.45, 2.75) is 31.4 Å². The summed E-state index contributed by atoms with van der Waals surface area (Å²) >= 11 is 6.75. The van der Waals surface area contributed by atoms with Gasteiger partial charge in [-0.3, -0.25) is 9.69 Å². The third kappa shape index (κ3) is 4.85. The van der Waals surface area contributed by atoms with Crippen molar-refractivity contribution < 1.29 is 17.9 Å². The Morgan fingerprint density at radius 2 is 1.89 bits per heavy atom. The second kappa shape index (κ2) is 10.1. The largest absolute Gasteiger partial charge is 0.485 e. The molecule has 6 rings (SSSR count). The molecule has 0 saturated carbocycles. The number of hydrogen-bond acceptors (Lipinski definition) is 8.